The number of benzene rings is 1. The van der Waals surface area contributed by atoms with Crippen LogP contribution in [0.3, 0.4) is 0 Å². The van der Waals surface area contributed by atoms with Gasteiger partial charge in [0.25, 0.3) is 0 Å². The number of anilines is 2. The summed E-state index contributed by atoms with van der Waals surface area (Å²) in [6.45, 7) is 4.55. The Morgan fingerprint density at radius 2 is 2.15 bits per heavy atom. The number of halogens is 1. The monoisotopic (exact) mass is 377 g/mol. The van der Waals surface area contributed by atoms with Crippen LogP contribution >= 0.6 is 12.6 Å². The number of hydrogen-bond donors (Lipinski definition) is 3. The number of thiol groups is 1. The maximum Gasteiger partial charge on any atom is 0.334 e. The van der Waals surface area contributed by atoms with Gasteiger partial charge in [0, 0.05) is 43.6 Å². The Bertz CT molecular complexity index is 765. The van der Waals surface area contributed by atoms with Crippen LogP contribution in [0.25, 0.3) is 0 Å². The molecule has 0 bridgehead atoms. The summed E-state index contributed by atoms with van der Waals surface area (Å²) in [5.41, 5.74) is 2.34. The van der Waals surface area contributed by atoms with Crippen molar-refractivity contribution < 1.29 is 14.3 Å². The summed E-state index contributed by atoms with van der Waals surface area (Å²) >= 11 is 4.48. The van der Waals surface area contributed by atoms with Crippen molar-refractivity contribution in [3.63, 3.8) is 0 Å². The fourth-order valence-electron chi connectivity index (χ4n) is 3.96. The molecular weight excluding hydrogens is 353 g/mol. The van der Waals surface area contributed by atoms with Gasteiger partial charge in [-0.15, -0.1) is 0 Å². The highest BCUT2D eigenvalue weighted by molar-refractivity contribution is 7.80. The Morgan fingerprint density at radius 1 is 1.38 bits per heavy atom. The van der Waals surface area contributed by atoms with Gasteiger partial charge in [0.2, 0.25) is 0 Å². The third-order valence-electron chi connectivity index (χ3n) is 5.56. The van der Waals surface area contributed by atoms with Gasteiger partial charge in [-0.05, 0) is 37.0 Å². The molecule has 0 aromatic heterocycles. The fourth-order valence-corrected chi connectivity index (χ4v) is 4.34. The van der Waals surface area contributed by atoms with Gasteiger partial charge in [-0.25, -0.2) is 9.18 Å². The van der Waals surface area contributed by atoms with Crippen molar-refractivity contribution in [2.45, 2.75) is 43.5 Å². The standard InChI is InChI=1S/C19H24FN3O2S/c1-2-11-9-21-5-6-22(11)17-8-16-13(7-15(17)20)18(26)14(19(24)25)10-23(16)12-3-4-12/h7-8,10-12,18,21,26H,2-6,9H2,1H3,(H,24,25). The number of carbonyl (C=O) groups is 1. The van der Waals surface area contributed by atoms with Crippen LogP contribution in [0.1, 0.15) is 37.0 Å². The molecule has 4 rings (SSSR count). The van der Waals surface area contributed by atoms with E-state index in [1.54, 1.807) is 6.20 Å². The average molecular weight is 377 g/mol. The van der Waals surface area contributed by atoms with E-state index in [0.717, 1.165) is 44.6 Å². The van der Waals surface area contributed by atoms with Gasteiger partial charge >= 0.3 is 5.97 Å². The second-order valence-electron chi connectivity index (χ2n) is 7.25. The van der Waals surface area contributed by atoms with Crippen LogP contribution in [0.2, 0.25) is 0 Å². The zero-order valence-electron chi connectivity index (χ0n) is 14.8. The lowest BCUT2D eigenvalue weighted by Crippen LogP contribution is -2.51. The lowest BCUT2D eigenvalue weighted by atomic mass is 9.97. The molecule has 2 heterocycles. The molecule has 140 valence electrons. The highest BCUT2D eigenvalue weighted by Gasteiger charge is 2.37. The SMILES string of the molecule is CCC1CNCCN1c1cc2c(cc1F)C(S)C(C(=O)O)=CN2C1CC1. The second kappa shape index (κ2) is 6.78. The molecule has 1 aliphatic carbocycles. The summed E-state index contributed by atoms with van der Waals surface area (Å²) in [6.07, 6.45) is 4.68. The minimum atomic E-state index is -1.00. The fraction of sp³-hybridized carbons (Fsp3) is 0.526. The number of hydrogen-bond acceptors (Lipinski definition) is 5. The first kappa shape index (κ1) is 17.7. The molecule has 5 nitrogen and oxygen atoms in total. The Balaban J connectivity index is 1.79. The topological polar surface area (TPSA) is 55.8 Å². The Labute approximate surface area is 158 Å². The molecule has 1 saturated heterocycles. The summed E-state index contributed by atoms with van der Waals surface area (Å²) in [7, 11) is 0. The number of carboxylic acid groups (broad SMARTS) is 1. The van der Waals surface area contributed by atoms with E-state index in [-0.39, 0.29) is 17.4 Å². The summed E-state index contributed by atoms with van der Waals surface area (Å²) in [5, 5.41) is 12.2. The number of carboxylic acids is 1. The largest absolute Gasteiger partial charge is 0.478 e. The minimum absolute atomic E-state index is 0.202. The molecule has 1 aromatic carbocycles. The molecule has 2 atom stereocenters. The van der Waals surface area contributed by atoms with Crippen LogP contribution in [0.15, 0.2) is 23.9 Å². The maximum absolute atomic E-state index is 15.0. The summed E-state index contributed by atoms with van der Waals surface area (Å²) in [4.78, 5) is 15.7. The van der Waals surface area contributed by atoms with Crippen LogP contribution in [0.4, 0.5) is 15.8 Å². The lowest BCUT2D eigenvalue weighted by Gasteiger charge is -2.39. The van der Waals surface area contributed by atoms with E-state index in [1.807, 2.05) is 11.0 Å². The van der Waals surface area contributed by atoms with Crippen molar-refractivity contribution in [2.75, 3.05) is 29.4 Å². The van der Waals surface area contributed by atoms with Crippen molar-refractivity contribution in [2.24, 2.45) is 0 Å². The Morgan fingerprint density at radius 3 is 2.81 bits per heavy atom. The van der Waals surface area contributed by atoms with E-state index >= 15 is 4.39 Å². The number of nitrogens with one attached hydrogen (secondary N) is 1. The second-order valence-corrected chi connectivity index (χ2v) is 7.77. The molecule has 7 heteroatoms. The van der Waals surface area contributed by atoms with E-state index in [4.69, 9.17) is 0 Å². The van der Waals surface area contributed by atoms with Gasteiger partial charge in [-0.1, -0.05) is 6.92 Å². The van der Waals surface area contributed by atoms with Crippen molar-refractivity contribution in [3.8, 4) is 0 Å². The Kier molecular flexibility index (Phi) is 4.61. The van der Waals surface area contributed by atoms with Crippen molar-refractivity contribution in [3.05, 3.63) is 35.3 Å². The predicted octanol–water partition coefficient (Wildman–Crippen LogP) is 2.94. The number of fused-ring (bicyclic) bond motifs is 1. The number of piperazine rings is 1. The van der Waals surface area contributed by atoms with Crippen LogP contribution in [0, 0.1) is 5.82 Å². The summed E-state index contributed by atoms with van der Waals surface area (Å²) in [5.74, 6) is -1.30. The number of nitrogens with zero attached hydrogens (tertiary/aromatic N) is 2. The van der Waals surface area contributed by atoms with Crippen LogP contribution < -0.4 is 15.1 Å². The third-order valence-corrected chi connectivity index (χ3v) is 6.12. The molecule has 26 heavy (non-hydrogen) atoms. The normalized spacial score (nSPS) is 25.7. The first-order valence-electron chi connectivity index (χ1n) is 9.23. The highest BCUT2D eigenvalue weighted by Crippen LogP contribution is 2.46. The molecule has 1 aromatic rings. The van der Waals surface area contributed by atoms with E-state index in [0.29, 0.717) is 17.3 Å². The van der Waals surface area contributed by atoms with Crippen LogP contribution in [-0.2, 0) is 4.79 Å². The molecule has 3 aliphatic rings. The van der Waals surface area contributed by atoms with Crippen molar-refractivity contribution >= 4 is 30.0 Å². The van der Waals surface area contributed by atoms with E-state index in [1.165, 1.54) is 6.07 Å². The van der Waals surface area contributed by atoms with Gasteiger partial charge in [-0.2, -0.15) is 12.6 Å². The van der Waals surface area contributed by atoms with Crippen LogP contribution in [0.5, 0.6) is 0 Å². The quantitative estimate of drug-likeness (QED) is 0.705. The van der Waals surface area contributed by atoms with Crippen molar-refractivity contribution in [1.29, 1.82) is 0 Å². The molecule has 0 amide bonds. The molecule has 2 fully saturated rings. The van der Waals surface area contributed by atoms with Gasteiger partial charge in [-0.3, -0.25) is 0 Å². The molecule has 0 radical (unpaired) electrons. The number of rotatable bonds is 4. The number of aliphatic carboxylic acids is 1. The molecule has 2 aliphatic heterocycles. The zero-order chi connectivity index (χ0) is 18.4. The molecule has 1 saturated carbocycles. The minimum Gasteiger partial charge on any atom is -0.478 e. The van der Waals surface area contributed by atoms with Gasteiger partial charge in [0.1, 0.15) is 5.82 Å². The van der Waals surface area contributed by atoms with Gasteiger partial charge in [0.15, 0.2) is 0 Å². The van der Waals surface area contributed by atoms with Gasteiger partial charge < -0.3 is 20.2 Å². The molecule has 2 N–H and O–H groups in total. The average Bonchev–Trinajstić information content (AvgIpc) is 3.47. The van der Waals surface area contributed by atoms with Gasteiger partial charge in [0.05, 0.1) is 16.5 Å². The van der Waals surface area contributed by atoms with E-state index in [2.05, 4.69) is 29.8 Å². The van der Waals surface area contributed by atoms with E-state index in [9.17, 15) is 9.90 Å². The molecule has 2 unspecified atom stereocenters. The molecule has 0 spiro atoms. The molecular formula is C19H24FN3O2S. The van der Waals surface area contributed by atoms with Crippen LogP contribution in [-0.4, -0.2) is 42.8 Å². The smallest absolute Gasteiger partial charge is 0.334 e. The first-order valence-corrected chi connectivity index (χ1v) is 9.75. The Hall–Kier alpha value is -1.73. The van der Waals surface area contributed by atoms with E-state index < -0.39 is 11.2 Å². The summed E-state index contributed by atoms with van der Waals surface area (Å²) in [6, 6.07) is 3.94. The third kappa shape index (κ3) is 2.97. The predicted molar refractivity (Wildman–Crippen MR) is 104 cm³/mol. The highest BCUT2D eigenvalue weighted by atomic mass is 32.1. The zero-order valence-corrected chi connectivity index (χ0v) is 15.7. The lowest BCUT2D eigenvalue weighted by molar-refractivity contribution is -0.132. The first-order chi connectivity index (χ1) is 12.5. The summed E-state index contributed by atoms with van der Waals surface area (Å²) < 4.78 is 15.0. The maximum atomic E-state index is 15.0. The van der Waals surface area contributed by atoms with Crippen molar-refractivity contribution in [1.82, 2.24) is 5.32 Å².